The molecule has 0 amide bonds. The fourth-order valence-electron chi connectivity index (χ4n) is 1.81. The van der Waals surface area contributed by atoms with Crippen molar-refractivity contribution in [1.82, 2.24) is 0 Å². The van der Waals surface area contributed by atoms with Crippen LogP contribution >= 0.6 is 0 Å². The first-order valence-corrected chi connectivity index (χ1v) is 8.36. The molecule has 0 aromatic carbocycles. The Bertz CT molecular complexity index is 155. The van der Waals surface area contributed by atoms with Crippen molar-refractivity contribution in [2.75, 3.05) is 13.2 Å². The van der Waals surface area contributed by atoms with Crippen LogP contribution in [0, 0.1) is 0 Å². The van der Waals surface area contributed by atoms with Crippen molar-refractivity contribution >= 4 is 14.5 Å². The summed E-state index contributed by atoms with van der Waals surface area (Å²) in [6, 6.07) is 3.76. The van der Waals surface area contributed by atoms with E-state index in [0.717, 1.165) is 13.2 Å². The summed E-state index contributed by atoms with van der Waals surface area (Å²) >= 11 is 0. The topological polar surface area (TPSA) is 21.6 Å². The molecule has 2 nitrogen and oxygen atoms in total. The van der Waals surface area contributed by atoms with Crippen LogP contribution in [-0.2, 0) is 4.43 Å². The lowest BCUT2D eigenvalue weighted by Crippen LogP contribution is -2.36. The van der Waals surface area contributed by atoms with Gasteiger partial charge in [-0.2, -0.15) is 0 Å². The molecule has 0 heterocycles. The molecule has 0 atom stereocenters. The Kier molecular flexibility index (Phi) is 8.09. The van der Waals surface area contributed by atoms with E-state index in [1.54, 1.807) is 0 Å². The maximum Gasteiger partial charge on any atom is 0.192 e. The van der Waals surface area contributed by atoms with Gasteiger partial charge in [0, 0.05) is 13.2 Å². The maximum atomic E-state index is 6.00. The zero-order chi connectivity index (χ0) is 10.9. The minimum absolute atomic E-state index is 0.880. The first-order chi connectivity index (χ1) is 6.74. The van der Waals surface area contributed by atoms with Crippen molar-refractivity contribution in [3.05, 3.63) is 0 Å². The second-order valence-electron chi connectivity index (χ2n) is 3.59. The SMILES string of the molecule is C/C=N\CCC[Si](CC)(CC)OCC. The van der Waals surface area contributed by atoms with Gasteiger partial charge in [-0.15, -0.1) is 0 Å². The lowest BCUT2D eigenvalue weighted by atomic mass is 10.5. The highest BCUT2D eigenvalue weighted by molar-refractivity contribution is 6.73. The van der Waals surface area contributed by atoms with Gasteiger partial charge in [0.15, 0.2) is 8.32 Å². The maximum absolute atomic E-state index is 6.00. The van der Waals surface area contributed by atoms with E-state index in [1.165, 1.54) is 24.6 Å². The molecule has 3 heteroatoms. The van der Waals surface area contributed by atoms with Gasteiger partial charge < -0.3 is 4.43 Å². The Morgan fingerprint density at radius 2 is 1.86 bits per heavy atom. The summed E-state index contributed by atoms with van der Waals surface area (Å²) in [7, 11) is -1.37. The van der Waals surface area contributed by atoms with E-state index in [2.05, 4.69) is 25.8 Å². The van der Waals surface area contributed by atoms with Crippen LogP contribution in [0.25, 0.3) is 0 Å². The first-order valence-electron chi connectivity index (χ1n) is 5.83. The van der Waals surface area contributed by atoms with Crippen molar-refractivity contribution in [2.24, 2.45) is 4.99 Å². The molecule has 0 bridgehead atoms. The van der Waals surface area contributed by atoms with Crippen molar-refractivity contribution < 1.29 is 4.43 Å². The third kappa shape index (κ3) is 4.91. The second kappa shape index (κ2) is 8.18. The Morgan fingerprint density at radius 1 is 1.21 bits per heavy atom. The molecule has 0 N–H and O–H groups in total. The summed E-state index contributed by atoms with van der Waals surface area (Å²) in [5.41, 5.74) is 0. The minimum Gasteiger partial charge on any atom is -0.417 e. The third-order valence-electron chi connectivity index (χ3n) is 2.84. The number of rotatable bonds is 8. The normalized spacial score (nSPS) is 12.6. The van der Waals surface area contributed by atoms with Gasteiger partial charge in [-0.3, -0.25) is 4.99 Å². The molecule has 84 valence electrons. The number of aliphatic imine (C=N–C) groups is 1. The van der Waals surface area contributed by atoms with E-state index < -0.39 is 8.32 Å². The standard InChI is InChI=1S/C11H25NOSi/c1-5-12-10-9-11-14(7-3,8-4)13-6-2/h5H,6-11H2,1-4H3/b12-5-. The molecule has 0 rings (SSSR count). The fourth-order valence-corrected chi connectivity index (χ4v) is 4.98. The Labute approximate surface area is 89.9 Å². The van der Waals surface area contributed by atoms with E-state index in [4.69, 9.17) is 4.43 Å². The van der Waals surface area contributed by atoms with Gasteiger partial charge in [-0.25, -0.2) is 0 Å². The van der Waals surface area contributed by atoms with Crippen LogP contribution in [0.3, 0.4) is 0 Å². The summed E-state index contributed by atoms with van der Waals surface area (Å²) in [6.45, 7) is 10.5. The van der Waals surface area contributed by atoms with Crippen LogP contribution in [0.5, 0.6) is 0 Å². The summed E-state index contributed by atoms with van der Waals surface area (Å²) in [6.07, 6.45) is 3.08. The average Bonchev–Trinajstić information content (AvgIpc) is 2.23. The summed E-state index contributed by atoms with van der Waals surface area (Å²) in [4.78, 5) is 4.25. The second-order valence-corrected chi connectivity index (χ2v) is 8.16. The largest absolute Gasteiger partial charge is 0.417 e. The van der Waals surface area contributed by atoms with Gasteiger partial charge in [0.2, 0.25) is 0 Å². The minimum atomic E-state index is -1.37. The molecule has 0 aliphatic heterocycles. The van der Waals surface area contributed by atoms with E-state index >= 15 is 0 Å². The molecule has 0 aliphatic rings. The van der Waals surface area contributed by atoms with Gasteiger partial charge in [0.25, 0.3) is 0 Å². The van der Waals surface area contributed by atoms with Crippen LogP contribution < -0.4 is 0 Å². The van der Waals surface area contributed by atoms with E-state index in [0.29, 0.717) is 0 Å². The lowest BCUT2D eigenvalue weighted by molar-refractivity contribution is 0.319. The van der Waals surface area contributed by atoms with Crippen LogP contribution in [0.15, 0.2) is 4.99 Å². The van der Waals surface area contributed by atoms with Crippen molar-refractivity contribution in [2.45, 2.75) is 52.2 Å². The van der Waals surface area contributed by atoms with Crippen LogP contribution in [-0.4, -0.2) is 27.7 Å². The smallest absolute Gasteiger partial charge is 0.192 e. The summed E-state index contributed by atoms with van der Waals surface area (Å²) in [5.74, 6) is 0. The number of nitrogens with zero attached hydrogens (tertiary/aromatic N) is 1. The molecular formula is C11H25NOSi. The zero-order valence-electron chi connectivity index (χ0n) is 10.2. The quantitative estimate of drug-likeness (QED) is 0.345. The molecule has 0 aliphatic carbocycles. The van der Waals surface area contributed by atoms with Gasteiger partial charge in [-0.05, 0) is 44.6 Å². The molecule has 0 radical (unpaired) electrons. The average molecular weight is 215 g/mol. The first kappa shape index (κ1) is 13.8. The van der Waals surface area contributed by atoms with E-state index in [9.17, 15) is 0 Å². The molecule has 0 fully saturated rings. The highest BCUT2D eigenvalue weighted by atomic mass is 28.4. The highest BCUT2D eigenvalue weighted by Crippen LogP contribution is 2.23. The monoisotopic (exact) mass is 215 g/mol. The molecule has 0 aromatic rings. The van der Waals surface area contributed by atoms with Crippen LogP contribution in [0.2, 0.25) is 18.1 Å². The van der Waals surface area contributed by atoms with Crippen LogP contribution in [0.1, 0.15) is 34.1 Å². The fraction of sp³-hybridized carbons (Fsp3) is 0.909. The molecule has 0 saturated carbocycles. The molecule has 0 unspecified atom stereocenters. The lowest BCUT2D eigenvalue weighted by Gasteiger charge is -2.28. The summed E-state index contributed by atoms with van der Waals surface area (Å²) < 4.78 is 6.00. The Balaban J connectivity index is 3.93. The Morgan fingerprint density at radius 3 is 2.29 bits per heavy atom. The zero-order valence-corrected chi connectivity index (χ0v) is 11.2. The van der Waals surface area contributed by atoms with E-state index in [1.807, 2.05) is 13.1 Å². The molecular weight excluding hydrogens is 190 g/mol. The number of hydrogen-bond acceptors (Lipinski definition) is 2. The molecule has 0 spiro atoms. The van der Waals surface area contributed by atoms with E-state index in [-0.39, 0.29) is 0 Å². The highest BCUT2D eigenvalue weighted by Gasteiger charge is 2.29. The Hall–Kier alpha value is -0.153. The third-order valence-corrected chi connectivity index (χ3v) is 7.58. The van der Waals surface area contributed by atoms with Gasteiger partial charge in [0.05, 0.1) is 0 Å². The predicted octanol–water partition coefficient (Wildman–Crippen LogP) is 3.49. The van der Waals surface area contributed by atoms with Crippen molar-refractivity contribution in [1.29, 1.82) is 0 Å². The van der Waals surface area contributed by atoms with Crippen molar-refractivity contribution in [3.8, 4) is 0 Å². The molecule has 14 heavy (non-hydrogen) atoms. The van der Waals surface area contributed by atoms with Gasteiger partial charge in [-0.1, -0.05) is 13.8 Å². The predicted molar refractivity (Wildman–Crippen MR) is 66.8 cm³/mol. The molecule has 0 aromatic heterocycles. The van der Waals surface area contributed by atoms with Gasteiger partial charge >= 0.3 is 0 Å². The number of hydrogen-bond donors (Lipinski definition) is 0. The molecule has 0 saturated heterocycles. The van der Waals surface area contributed by atoms with Gasteiger partial charge in [0.1, 0.15) is 0 Å². The van der Waals surface area contributed by atoms with Crippen LogP contribution in [0.4, 0.5) is 0 Å². The van der Waals surface area contributed by atoms with Crippen molar-refractivity contribution in [3.63, 3.8) is 0 Å². The summed E-state index contributed by atoms with van der Waals surface area (Å²) in [5, 5.41) is 0.